The molecular formula is C44H44N6O4. The fourth-order valence-corrected chi connectivity index (χ4v) is 7.63. The third-order valence-corrected chi connectivity index (χ3v) is 10.4. The number of fused-ring (bicyclic) bond motifs is 2. The van der Waals surface area contributed by atoms with Crippen molar-refractivity contribution in [2.45, 2.75) is 57.7 Å². The number of benzene rings is 4. The number of hydrogen-bond acceptors (Lipinski definition) is 6. The zero-order valence-corrected chi connectivity index (χ0v) is 30.8. The molecule has 4 heterocycles. The van der Waals surface area contributed by atoms with Gasteiger partial charge in [-0.2, -0.15) is 0 Å². The van der Waals surface area contributed by atoms with Crippen molar-refractivity contribution < 1.29 is 18.7 Å². The molecule has 54 heavy (non-hydrogen) atoms. The molecule has 3 aromatic heterocycles. The van der Waals surface area contributed by atoms with E-state index in [2.05, 4.69) is 16.9 Å². The predicted octanol–water partition coefficient (Wildman–Crippen LogP) is 8.96. The number of ether oxygens (including phenoxy) is 1. The summed E-state index contributed by atoms with van der Waals surface area (Å²) in [6, 6.07) is 35.4. The molecule has 1 saturated heterocycles. The molecule has 0 spiro atoms. The number of nitrogens with one attached hydrogen (secondary N) is 2. The second kappa shape index (κ2) is 15.2. The van der Waals surface area contributed by atoms with Crippen LogP contribution in [0.1, 0.15) is 73.9 Å². The third-order valence-electron chi connectivity index (χ3n) is 10.4. The van der Waals surface area contributed by atoms with Gasteiger partial charge in [0, 0.05) is 31.3 Å². The van der Waals surface area contributed by atoms with Crippen LogP contribution in [0.3, 0.4) is 0 Å². The van der Waals surface area contributed by atoms with Crippen LogP contribution in [0, 0.1) is 0 Å². The fourth-order valence-electron chi connectivity index (χ4n) is 7.63. The minimum absolute atomic E-state index is 0.0537. The molecule has 10 heteroatoms. The van der Waals surface area contributed by atoms with E-state index in [1.807, 2.05) is 126 Å². The van der Waals surface area contributed by atoms with Crippen molar-refractivity contribution in [3.05, 3.63) is 132 Å². The normalized spacial score (nSPS) is 15.5. The number of aromatic nitrogens is 4. The van der Waals surface area contributed by atoms with Gasteiger partial charge in [-0.25, -0.2) is 9.97 Å². The first kappa shape index (κ1) is 35.1. The zero-order chi connectivity index (χ0) is 37.2. The number of furan rings is 1. The van der Waals surface area contributed by atoms with Gasteiger partial charge in [-0.15, -0.1) is 0 Å². The number of rotatable bonds is 12. The Labute approximate surface area is 314 Å². The number of carbonyl (C=O) groups is 2. The van der Waals surface area contributed by atoms with Crippen LogP contribution in [-0.4, -0.2) is 61.7 Å². The summed E-state index contributed by atoms with van der Waals surface area (Å²) in [6.45, 7) is 5.77. The van der Waals surface area contributed by atoms with E-state index < -0.39 is 6.10 Å². The summed E-state index contributed by atoms with van der Waals surface area (Å²) in [5.74, 6) is 2.79. The number of H-pyrrole nitrogens is 2. The van der Waals surface area contributed by atoms with E-state index in [4.69, 9.17) is 19.1 Å². The topological polar surface area (TPSA) is 120 Å². The molecule has 2 amide bonds. The first-order valence-electron chi connectivity index (χ1n) is 18.7. The van der Waals surface area contributed by atoms with Crippen LogP contribution in [0.5, 0.6) is 0 Å². The minimum Gasteiger partial charge on any atom is -0.456 e. The molecule has 0 aliphatic carbocycles. The lowest BCUT2D eigenvalue weighted by Gasteiger charge is -2.27. The lowest BCUT2D eigenvalue weighted by atomic mass is 9.99. The first-order chi connectivity index (χ1) is 26.4. The Morgan fingerprint density at radius 3 is 2.13 bits per heavy atom. The van der Waals surface area contributed by atoms with Crippen LogP contribution in [-0.2, 0) is 20.9 Å². The predicted molar refractivity (Wildman–Crippen MR) is 209 cm³/mol. The van der Waals surface area contributed by atoms with Crippen LogP contribution in [0.4, 0.5) is 0 Å². The Balaban J connectivity index is 0.984. The van der Waals surface area contributed by atoms with Crippen molar-refractivity contribution in [2.24, 2.45) is 0 Å². The second-order valence-electron chi connectivity index (χ2n) is 14.0. The maximum Gasteiger partial charge on any atom is 0.256 e. The monoisotopic (exact) mass is 720 g/mol. The Bertz CT molecular complexity index is 2400. The minimum atomic E-state index is -0.659. The van der Waals surface area contributed by atoms with Crippen molar-refractivity contribution in [2.75, 3.05) is 20.2 Å². The highest BCUT2D eigenvalue weighted by molar-refractivity contribution is 5.86. The zero-order valence-electron chi connectivity index (χ0n) is 30.8. The van der Waals surface area contributed by atoms with E-state index in [0.29, 0.717) is 19.6 Å². The molecule has 1 aliphatic heterocycles. The number of methoxy groups -OCH3 is 1. The largest absolute Gasteiger partial charge is 0.456 e. The van der Waals surface area contributed by atoms with Crippen molar-refractivity contribution in [3.63, 3.8) is 0 Å². The number of amides is 2. The van der Waals surface area contributed by atoms with Crippen molar-refractivity contribution in [3.8, 4) is 22.6 Å². The van der Waals surface area contributed by atoms with Crippen molar-refractivity contribution >= 4 is 33.9 Å². The molecule has 2 N–H and O–H groups in total. The standard InChI is InChI=1S/C44H44N6O4/c1-4-23-49(43(51)28(2)29-12-7-5-8-13-29)27-40-45-33-19-17-31(25-35(33)46-40)38-21-22-39(54-38)32-18-20-34-36(26-32)48-42(47-34)37-16-11-24-50(37)44(52)41(53-3)30-14-9-6-10-15-30/h5-10,12-15,17-22,25-26,28,37,41H,4,11,16,23-24,27H2,1-3H3,(H,45,46)(H,47,48). The maximum atomic E-state index is 13.7. The summed E-state index contributed by atoms with van der Waals surface area (Å²) in [6.07, 6.45) is 1.93. The molecular weight excluding hydrogens is 677 g/mol. The van der Waals surface area contributed by atoms with Crippen LogP contribution >= 0.6 is 0 Å². The van der Waals surface area contributed by atoms with E-state index in [1.165, 1.54) is 0 Å². The molecule has 0 bridgehead atoms. The Morgan fingerprint density at radius 1 is 0.852 bits per heavy atom. The molecule has 0 radical (unpaired) electrons. The van der Waals surface area contributed by atoms with Gasteiger partial charge < -0.3 is 28.9 Å². The van der Waals surface area contributed by atoms with E-state index in [0.717, 1.165) is 86.8 Å². The maximum absolute atomic E-state index is 13.7. The average molecular weight is 721 g/mol. The molecule has 8 rings (SSSR count). The number of hydrogen-bond donors (Lipinski definition) is 2. The Morgan fingerprint density at radius 2 is 1.48 bits per heavy atom. The SMILES string of the molecule is CCCN(Cc1nc2ccc(-c3ccc(-c4ccc5nc(C6CCCN6C(=O)C(OC)c6ccccc6)[nH]c5c4)o3)cc2[nH]1)C(=O)C(C)c1ccccc1. The van der Waals surface area contributed by atoms with Crippen LogP contribution in [0.2, 0.25) is 0 Å². The molecule has 7 aromatic rings. The van der Waals surface area contributed by atoms with Gasteiger partial charge in [-0.05, 0) is 85.8 Å². The lowest BCUT2D eigenvalue weighted by Crippen LogP contribution is -2.35. The lowest BCUT2D eigenvalue weighted by molar-refractivity contribution is -0.143. The Kier molecular flexibility index (Phi) is 9.84. The van der Waals surface area contributed by atoms with Crippen LogP contribution in [0.25, 0.3) is 44.7 Å². The first-order valence-corrected chi connectivity index (χ1v) is 18.7. The van der Waals surface area contributed by atoms with Gasteiger partial charge in [0.1, 0.15) is 23.2 Å². The molecule has 10 nitrogen and oxygen atoms in total. The summed E-state index contributed by atoms with van der Waals surface area (Å²) in [4.78, 5) is 47.7. The van der Waals surface area contributed by atoms with Gasteiger partial charge in [-0.1, -0.05) is 67.6 Å². The molecule has 0 saturated carbocycles. The van der Waals surface area contributed by atoms with E-state index >= 15 is 0 Å². The van der Waals surface area contributed by atoms with Gasteiger partial charge >= 0.3 is 0 Å². The molecule has 3 unspecified atom stereocenters. The number of nitrogens with zero attached hydrogens (tertiary/aromatic N) is 4. The second-order valence-corrected chi connectivity index (χ2v) is 14.0. The molecule has 274 valence electrons. The van der Waals surface area contributed by atoms with E-state index in [-0.39, 0.29) is 23.8 Å². The fraction of sp³-hybridized carbons (Fsp3) is 0.273. The molecule has 4 aromatic carbocycles. The van der Waals surface area contributed by atoms with Crippen molar-refractivity contribution in [1.29, 1.82) is 0 Å². The van der Waals surface area contributed by atoms with E-state index in [9.17, 15) is 9.59 Å². The summed E-state index contributed by atoms with van der Waals surface area (Å²) < 4.78 is 12.1. The number of imidazole rings is 2. The highest BCUT2D eigenvalue weighted by atomic mass is 16.5. The number of likely N-dealkylation sites (tertiary alicyclic amines) is 1. The average Bonchev–Trinajstić information content (AvgIpc) is 4.03. The number of carbonyl (C=O) groups excluding carboxylic acids is 2. The van der Waals surface area contributed by atoms with Crippen LogP contribution in [0.15, 0.2) is 114 Å². The van der Waals surface area contributed by atoms with Gasteiger partial charge in [0.05, 0.1) is 40.6 Å². The molecule has 1 aliphatic rings. The quantitative estimate of drug-likeness (QED) is 0.130. The van der Waals surface area contributed by atoms with Gasteiger partial charge in [-0.3, -0.25) is 9.59 Å². The Hall–Kier alpha value is -6.00. The summed E-state index contributed by atoms with van der Waals surface area (Å²) in [5, 5.41) is 0. The highest BCUT2D eigenvalue weighted by Gasteiger charge is 2.36. The molecule has 1 fully saturated rings. The van der Waals surface area contributed by atoms with Gasteiger partial charge in [0.15, 0.2) is 6.10 Å². The smallest absolute Gasteiger partial charge is 0.256 e. The van der Waals surface area contributed by atoms with Crippen LogP contribution < -0.4 is 0 Å². The summed E-state index contributed by atoms with van der Waals surface area (Å²) in [7, 11) is 1.58. The van der Waals surface area contributed by atoms with E-state index in [1.54, 1.807) is 7.11 Å². The molecule has 3 atom stereocenters. The van der Waals surface area contributed by atoms with Gasteiger partial charge in [0.2, 0.25) is 5.91 Å². The van der Waals surface area contributed by atoms with Crippen molar-refractivity contribution in [1.82, 2.24) is 29.7 Å². The highest BCUT2D eigenvalue weighted by Crippen LogP contribution is 2.36. The number of aromatic amines is 2. The third kappa shape index (κ3) is 6.92. The summed E-state index contributed by atoms with van der Waals surface area (Å²) >= 11 is 0. The summed E-state index contributed by atoms with van der Waals surface area (Å²) in [5.41, 5.74) is 7.12. The van der Waals surface area contributed by atoms with Gasteiger partial charge in [0.25, 0.3) is 5.91 Å².